The number of imidazole rings is 1. The van der Waals surface area contributed by atoms with Crippen LogP contribution >= 0.6 is 0 Å². The second-order valence-electron chi connectivity index (χ2n) is 7.15. The number of rotatable bonds is 3. The number of H-pyrrole nitrogens is 1. The number of nitrogens with one attached hydrogen (secondary N) is 1. The summed E-state index contributed by atoms with van der Waals surface area (Å²) in [5, 5.41) is 0. The van der Waals surface area contributed by atoms with Crippen molar-refractivity contribution in [2.24, 2.45) is 0 Å². The van der Waals surface area contributed by atoms with Crippen molar-refractivity contribution < 1.29 is 0 Å². The van der Waals surface area contributed by atoms with Crippen molar-refractivity contribution in [3.63, 3.8) is 0 Å². The molecule has 6 nitrogen and oxygen atoms in total. The van der Waals surface area contributed by atoms with Gasteiger partial charge in [0.1, 0.15) is 11.6 Å². The first kappa shape index (κ1) is 15.5. The maximum Gasteiger partial charge on any atom is 0.161 e. The molecule has 0 saturated carbocycles. The zero-order valence-corrected chi connectivity index (χ0v) is 14.7. The number of anilines is 1. The second kappa shape index (κ2) is 6.52. The largest absolute Gasteiger partial charge is 0.356 e. The highest BCUT2D eigenvalue weighted by Crippen LogP contribution is 2.34. The molecule has 0 aromatic carbocycles. The summed E-state index contributed by atoms with van der Waals surface area (Å²) < 4.78 is 0. The molecular weight excluding hydrogens is 324 g/mol. The predicted molar refractivity (Wildman–Crippen MR) is 100 cm³/mol. The van der Waals surface area contributed by atoms with E-state index >= 15 is 0 Å². The first-order valence-corrected chi connectivity index (χ1v) is 9.43. The zero-order valence-electron chi connectivity index (χ0n) is 14.7. The van der Waals surface area contributed by atoms with Crippen LogP contribution in [0.15, 0.2) is 36.9 Å². The van der Waals surface area contributed by atoms with Crippen molar-refractivity contribution in [2.45, 2.75) is 38.0 Å². The van der Waals surface area contributed by atoms with Crippen molar-refractivity contribution in [3.05, 3.63) is 54.0 Å². The van der Waals surface area contributed by atoms with Crippen LogP contribution in [0.5, 0.6) is 0 Å². The Balaban J connectivity index is 1.52. The summed E-state index contributed by atoms with van der Waals surface area (Å²) in [5.41, 5.74) is 3.61. The van der Waals surface area contributed by atoms with Gasteiger partial charge in [0, 0.05) is 60.6 Å². The van der Waals surface area contributed by atoms with Crippen molar-refractivity contribution in [3.8, 4) is 11.4 Å². The van der Waals surface area contributed by atoms with Crippen LogP contribution in [0, 0.1) is 0 Å². The summed E-state index contributed by atoms with van der Waals surface area (Å²) in [6.07, 6.45) is 13.0. The van der Waals surface area contributed by atoms with Crippen LogP contribution in [0.3, 0.4) is 0 Å². The van der Waals surface area contributed by atoms with E-state index < -0.39 is 0 Å². The van der Waals surface area contributed by atoms with Gasteiger partial charge < -0.3 is 9.88 Å². The van der Waals surface area contributed by atoms with E-state index in [9.17, 15) is 0 Å². The molecule has 1 saturated heterocycles. The van der Waals surface area contributed by atoms with E-state index in [2.05, 4.69) is 19.9 Å². The number of aromatic amines is 1. The van der Waals surface area contributed by atoms with Crippen LogP contribution in [0.2, 0.25) is 0 Å². The van der Waals surface area contributed by atoms with Gasteiger partial charge in [0.25, 0.3) is 0 Å². The summed E-state index contributed by atoms with van der Waals surface area (Å²) in [6.45, 7) is 2.02. The minimum Gasteiger partial charge on any atom is -0.356 e. The van der Waals surface area contributed by atoms with E-state index in [1.165, 1.54) is 24.1 Å². The molecule has 5 rings (SSSR count). The number of pyridine rings is 1. The Morgan fingerprint density at radius 3 is 2.81 bits per heavy atom. The summed E-state index contributed by atoms with van der Waals surface area (Å²) in [4.78, 5) is 24.2. The van der Waals surface area contributed by atoms with Crippen LogP contribution in [0.4, 0.5) is 5.82 Å². The molecule has 3 aromatic rings. The number of hydrogen-bond acceptors (Lipinski definition) is 5. The number of nitrogens with zero attached hydrogens (tertiary/aromatic N) is 5. The van der Waals surface area contributed by atoms with E-state index in [0.29, 0.717) is 5.92 Å². The minimum absolute atomic E-state index is 0.440. The average Bonchev–Trinajstić information content (AvgIpc) is 3.40. The monoisotopic (exact) mass is 346 g/mol. The first-order chi connectivity index (χ1) is 12.9. The van der Waals surface area contributed by atoms with E-state index in [1.54, 1.807) is 12.4 Å². The molecule has 0 amide bonds. The lowest BCUT2D eigenvalue weighted by molar-refractivity contribution is 0.490. The number of piperidine rings is 1. The number of aryl methyl sites for hydroxylation is 1. The van der Waals surface area contributed by atoms with Gasteiger partial charge in [0.05, 0.1) is 0 Å². The van der Waals surface area contributed by atoms with E-state index in [0.717, 1.165) is 55.4 Å². The highest BCUT2D eigenvalue weighted by Gasteiger charge is 2.28. The van der Waals surface area contributed by atoms with Crippen LogP contribution in [0.1, 0.15) is 42.3 Å². The molecule has 4 heterocycles. The molecule has 1 atom stereocenters. The Hall–Kier alpha value is -2.76. The van der Waals surface area contributed by atoms with Gasteiger partial charge in [-0.05, 0) is 44.2 Å². The Morgan fingerprint density at radius 1 is 1.04 bits per heavy atom. The van der Waals surface area contributed by atoms with Crippen LogP contribution in [-0.4, -0.2) is 38.0 Å². The third kappa shape index (κ3) is 2.75. The molecule has 26 heavy (non-hydrogen) atoms. The van der Waals surface area contributed by atoms with Crippen LogP contribution in [0.25, 0.3) is 11.4 Å². The predicted octanol–water partition coefficient (Wildman–Crippen LogP) is 3.13. The summed E-state index contributed by atoms with van der Waals surface area (Å²) in [7, 11) is 0. The van der Waals surface area contributed by atoms with Crippen LogP contribution < -0.4 is 4.90 Å². The van der Waals surface area contributed by atoms with Gasteiger partial charge in [0.15, 0.2) is 5.82 Å². The second-order valence-corrected chi connectivity index (χ2v) is 7.15. The van der Waals surface area contributed by atoms with E-state index in [-0.39, 0.29) is 0 Å². The first-order valence-electron chi connectivity index (χ1n) is 9.43. The molecule has 0 spiro atoms. The summed E-state index contributed by atoms with van der Waals surface area (Å²) in [6, 6.07) is 3.98. The van der Waals surface area contributed by atoms with E-state index in [4.69, 9.17) is 9.97 Å². The minimum atomic E-state index is 0.440. The topological polar surface area (TPSA) is 70.6 Å². The Morgan fingerprint density at radius 2 is 1.96 bits per heavy atom. The molecule has 132 valence electrons. The fourth-order valence-electron chi connectivity index (χ4n) is 4.20. The summed E-state index contributed by atoms with van der Waals surface area (Å²) >= 11 is 0. The SMILES string of the molecule is c1cc(-c2nc3c(c(N4CCC[C@H](c5ncc[nH]5)C4)n2)CCC3)ccn1. The van der Waals surface area contributed by atoms with Crippen LogP contribution in [-0.2, 0) is 12.8 Å². The molecule has 1 N–H and O–H groups in total. The fraction of sp³-hybridized carbons (Fsp3) is 0.400. The number of fused-ring (bicyclic) bond motifs is 1. The van der Waals surface area contributed by atoms with Gasteiger partial charge in [-0.2, -0.15) is 0 Å². The van der Waals surface area contributed by atoms with Gasteiger partial charge in [-0.1, -0.05) is 0 Å². The Kier molecular flexibility index (Phi) is 3.88. The molecule has 3 aromatic heterocycles. The molecule has 2 aliphatic rings. The zero-order chi connectivity index (χ0) is 17.3. The van der Waals surface area contributed by atoms with Gasteiger partial charge in [-0.15, -0.1) is 0 Å². The highest BCUT2D eigenvalue weighted by molar-refractivity contribution is 5.61. The quantitative estimate of drug-likeness (QED) is 0.789. The number of hydrogen-bond donors (Lipinski definition) is 1. The molecule has 1 aliphatic carbocycles. The normalized spacial score (nSPS) is 19.5. The van der Waals surface area contributed by atoms with Gasteiger partial charge in [0.2, 0.25) is 0 Å². The third-order valence-electron chi connectivity index (χ3n) is 5.48. The molecule has 1 aliphatic heterocycles. The Labute approximate surface area is 152 Å². The molecule has 0 radical (unpaired) electrons. The highest BCUT2D eigenvalue weighted by atomic mass is 15.2. The lowest BCUT2D eigenvalue weighted by Crippen LogP contribution is -2.36. The smallest absolute Gasteiger partial charge is 0.161 e. The van der Waals surface area contributed by atoms with E-state index in [1.807, 2.05) is 24.5 Å². The van der Waals surface area contributed by atoms with Crippen molar-refractivity contribution >= 4 is 5.82 Å². The maximum atomic E-state index is 5.01. The standard InChI is InChI=1S/C20H22N6/c1-4-16-17(5-1)24-19(14-6-8-21-9-7-14)25-20(16)26-12-2-3-15(13-26)18-22-10-11-23-18/h6-11,15H,1-5,12-13H2,(H,22,23)/t15-/m0/s1. The summed E-state index contributed by atoms with van der Waals surface area (Å²) in [5.74, 6) is 3.49. The lowest BCUT2D eigenvalue weighted by Gasteiger charge is -2.34. The van der Waals surface area contributed by atoms with Gasteiger partial charge in [-0.3, -0.25) is 4.98 Å². The fourth-order valence-corrected chi connectivity index (χ4v) is 4.20. The Bertz CT molecular complexity index is 890. The molecule has 0 unspecified atom stereocenters. The molecule has 1 fully saturated rings. The molecule has 6 heteroatoms. The molecular formula is C20H22N6. The average molecular weight is 346 g/mol. The van der Waals surface area contributed by atoms with Crippen molar-refractivity contribution in [1.29, 1.82) is 0 Å². The van der Waals surface area contributed by atoms with Crippen molar-refractivity contribution in [2.75, 3.05) is 18.0 Å². The maximum absolute atomic E-state index is 5.01. The van der Waals surface area contributed by atoms with Gasteiger partial charge >= 0.3 is 0 Å². The third-order valence-corrected chi connectivity index (χ3v) is 5.48. The lowest BCUT2D eigenvalue weighted by atomic mass is 9.97. The van der Waals surface area contributed by atoms with Gasteiger partial charge in [-0.25, -0.2) is 15.0 Å². The van der Waals surface area contributed by atoms with Crippen molar-refractivity contribution in [1.82, 2.24) is 24.9 Å². The molecule has 0 bridgehead atoms. The number of aromatic nitrogens is 5.